The molecule has 1 aromatic rings. The Labute approximate surface area is 107 Å². The molecule has 1 aliphatic rings. The van der Waals surface area contributed by atoms with Crippen LogP contribution >= 0.6 is 0 Å². The second-order valence-electron chi connectivity index (χ2n) is 5.16. The van der Waals surface area contributed by atoms with Gasteiger partial charge in [0, 0.05) is 32.6 Å². The van der Waals surface area contributed by atoms with Crippen LogP contribution in [0.3, 0.4) is 0 Å². The van der Waals surface area contributed by atoms with Crippen LogP contribution in [0.5, 0.6) is 0 Å². The number of halogens is 1. The molecule has 3 N–H and O–H groups in total. The fraction of sp³-hybridized carbons (Fsp3) is 0.571. The summed E-state index contributed by atoms with van der Waals surface area (Å²) in [5.41, 5.74) is 5.87. The average molecular weight is 252 g/mol. The van der Waals surface area contributed by atoms with Crippen molar-refractivity contribution in [2.45, 2.75) is 24.9 Å². The first-order chi connectivity index (χ1) is 8.61. The van der Waals surface area contributed by atoms with Gasteiger partial charge in [-0.1, -0.05) is 12.1 Å². The molecular weight excluding hydrogens is 231 g/mol. The highest BCUT2D eigenvalue weighted by molar-refractivity contribution is 5.18. The number of rotatable bonds is 4. The lowest BCUT2D eigenvalue weighted by Gasteiger charge is -2.38. The van der Waals surface area contributed by atoms with Gasteiger partial charge in [0.2, 0.25) is 0 Å². The first kappa shape index (κ1) is 13.5. The fourth-order valence-electron chi connectivity index (χ4n) is 2.53. The first-order valence-electron chi connectivity index (χ1n) is 6.51. The second kappa shape index (κ2) is 5.78. The van der Waals surface area contributed by atoms with E-state index in [-0.39, 0.29) is 5.82 Å². The van der Waals surface area contributed by atoms with Gasteiger partial charge >= 0.3 is 0 Å². The molecule has 0 spiro atoms. The van der Waals surface area contributed by atoms with E-state index in [1.165, 1.54) is 12.1 Å². The summed E-state index contributed by atoms with van der Waals surface area (Å²) >= 11 is 0. The molecule has 2 rings (SSSR count). The highest BCUT2D eigenvalue weighted by Crippen LogP contribution is 2.26. The number of nitrogens with zero attached hydrogens (tertiary/aromatic N) is 1. The Morgan fingerprint density at radius 2 is 1.83 bits per heavy atom. The number of nitrogens with two attached hydrogens (primary N) is 1. The van der Waals surface area contributed by atoms with E-state index in [0.717, 1.165) is 38.0 Å². The molecule has 0 radical (unpaired) electrons. The van der Waals surface area contributed by atoms with E-state index in [9.17, 15) is 9.50 Å². The summed E-state index contributed by atoms with van der Waals surface area (Å²) in [5.74, 6) is -0.233. The van der Waals surface area contributed by atoms with Gasteiger partial charge in [-0.3, -0.25) is 0 Å². The van der Waals surface area contributed by atoms with Gasteiger partial charge in [-0.25, -0.2) is 4.39 Å². The van der Waals surface area contributed by atoms with E-state index < -0.39 is 5.60 Å². The van der Waals surface area contributed by atoms with Gasteiger partial charge < -0.3 is 15.7 Å². The van der Waals surface area contributed by atoms with Gasteiger partial charge in [-0.15, -0.1) is 0 Å². The maximum Gasteiger partial charge on any atom is 0.123 e. The molecule has 1 heterocycles. The predicted molar refractivity (Wildman–Crippen MR) is 69.8 cm³/mol. The number of aliphatic hydroxyl groups is 1. The third-order valence-corrected chi connectivity index (χ3v) is 3.68. The van der Waals surface area contributed by atoms with E-state index >= 15 is 0 Å². The molecule has 3 nitrogen and oxygen atoms in total. The van der Waals surface area contributed by atoms with Crippen LogP contribution in [0.2, 0.25) is 0 Å². The second-order valence-corrected chi connectivity index (χ2v) is 5.16. The summed E-state index contributed by atoms with van der Waals surface area (Å²) in [7, 11) is 0. The summed E-state index contributed by atoms with van der Waals surface area (Å²) in [4.78, 5) is 2.28. The molecule has 1 fully saturated rings. The van der Waals surface area contributed by atoms with Crippen molar-refractivity contribution in [3.05, 3.63) is 35.6 Å². The fourth-order valence-corrected chi connectivity index (χ4v) is 2.53. The Balaban J connectivity index is 1.91. The van der Waals surface area contributed by atoms with Crippen LogP contribution < -0.4 is 5.73 Å². The zero-order chi connectivity index (χ0) is 13.0. The first-order valence-corrected chi connectivity index (χ1v) is 6.51. The van der Waals surface area contributed by atoms with Crippen molar-refractivity contribution in [2.75, 3.05) is 26.2 Å². The minimum atomic E-state index is -0.650. The SMILES string of the molecule is NCCN1CCC(O)(Cc2ccc(F)cc2)CC1. The van der Waals surface area contributed by atoms with Gasteiger partial charge in [-0.2, -0.15) is 0 Å². The maximum atomic E-state index is 12.8. The lowest BCUT2D eigenvalue weighted by Crippen LogP contribution is -2.46. The number of benzene rings is 1. The molecule has 0 atom stereocenters. The van der Waals surface area contributed by atoms with Crippen LogP contribution in [0, 0.1) is 5.82 Å². The van der Waals surface area contributed by atoms with Crippen LogP contribution in [0.4, 0.5) is 4.39 Å². The molecule has 1 aromatic carbocycles. The van der Waals surface area contributed by atoms with E-state index in [1.54, 1.807) is 12.1 Å². The summed E-state index contributed by atoms with van der Waals surface area (Å²) in [6.07, 6.45) is 2.11. The van der Waals surface area contributed by atoms with Crippen molar-refractivity contribution in [2.24, 2.45) is 5.73 Å². The van der Waals surface area contributed by atoms with E-state index in [1.807, 2.05) is 0 Å². The molecule has 0 saturated carbocycles. The Bertz CT molecular complexity index is 372. The Morgan fingerprint density at radius 1 is 1.22 bits per heavy atom. The van der Waals surface area contributed by atoms with Gasteiger partial charge in [0.15, 0.2) is 0 Å². The largest absolute Gasteiger partial charge is 0.389 e. The Hall–Kier alpha value is -0.970. The molecule has 18 heavy (non-hydrogen) atoms. The average Bonchev–Trinajstić information content (AvgIpc) is 2.36. The minimum absolute atomic E-state index is 0.233. The molecule has 4 heteroatoms. The predicted octanol–water partition coefficient (Wildman–Crippen LogP) is 1.15. The van der Waals surface area contributed by atoms with Crippen molar-refractivity contribution in [1.29, 1.82) is 0 Å². The summed E-state index contributed by atoms with van der Waals surface area (Å²) in [6.45, 7) is 3.33. The molecule has 0 aromatic heterocycles. The molecule has 0 aliphatic carbocycles. The maximum absolute atomic E-state index is 12.8. The molecule has 0 bridgehead atoms. The zero-order valence-corrected chi connectivity index (χ0v) is 10.6. The van der Waals surface area contributed by atoms with Crippen molar-refractivity contribution in [3.8, 4) is 0 Å². The standard InChI is InChI=1S/C14H21FN2O/c15-13-3-1-12(2-4-13)11-14(18)5-8-17(9-6-14)10-7-16/h1-4,18H,5-11,16H2. The molecular formula is C14H21FN2O. The van der Waals surface area contributed by atoms with Crippen molar-refractivity contribution in [1.82, 2.24) is 4.90 Å². The molecule has 0 unspecified atom stereocenters. The quantitative estimate of drug-likeness (QED) is 0.845. The monoisotopic (exact) mass is 252 g/mol. The highest BCUT2D eigenvalue weighted by atomic mass is 19.1. The van der Waals surface area contributed by atoms with Crippen LogP contribution in [-0.4, -0.2) is 41.8 Å². The van der Waals surface area contributed by atoms with E-state index in [4.69, 9.17) is 5.73 Å². The van der Waals surface area contributed by atoms with Crippen molar-refractivity contribution in [3.63, 3.8) is 0 Å². The molecule has 0 amide bonds. The third kappa shape index (κ3) is 3.51. The van der Waals surface area contributed by atoms with Crippen molar-refractivity contribution < 1.29 is 9.50 Å². The van der Waals surface area contributed by atoms with Crippen LogP contribution in [0.15, 0.2) is 24.3 Å². The number of hydrogen-bond donors (Lipinski definition) is 2. The minimum Gasteiger partial charge on any atom is -0.389 e. The van der Waals surface area contributed by atoms with Gasteiger partial charge in [0.25, 0.3) is 0 Å². The summed E-state index contributed by atoms with van der Waals surface area (Å²) < 4.78 is 12.8. The molecule has 100 valence electrons. The van der Waals surface area contributed by atoms with E-state index in [0.29, 0.717) is 13.0 Å². The van der Waals surface area contributed by atoms with Crippen molar-refractivity contribution >= 4 is 0 Å². The lowest BCUT2D eigenvalue weighted by atomic mass is 9.85. The highest BCUT2D eigenvalue weighted by Gasteiger charge is 2.31. The van der Waals surface area contributed by atoms with Gasteiger partial charge in [0.05, 0.1) is 5.60 Å². The lowest BCUT2D eigenvalue weighted by molar-refractivity contribution is -0.0199. The smallest absolute Gasteiger partial charge is 0.123 e. The molecule has 1 saturated heterocycles. The molecule has 1 aliphatic heterocycles. The third-order valence-electron chi connectivity index (χ3n) is 3.68. The summed E-state index contributed by atoms with van der Waals surface area (Å²) in [6, 6.07) is 6.39. The van der Waals surface area contributed by atoms with E-state index in [2.05, 4.69) is 4.90 Å². The topological polar surface area (TPSA) is 49.5 Å². The Morgan fingerprint density at radius 3 is 2.39 bits per heavy atom. The van der Waals surface area contributed by atoms with Crippen LogP contribution in [0.1, 0.15) is 18.4 Å². The number of piperidine rings is 1. The van der Waals surface area contributed by atoms with Crippen LogP contribution in [-0.2, 0) is 6.42 Å². The number of likely N-dealkylation sites (tertiary alicyclic amines) is 1. The van der Waals surface area contributed by atoms with Crippen LogP contribution in [0.25, 0.3) is 0 Å². The Kier molecular flexibility index (Phi) is 4.32. The zero-order valence-electron chi connectivity index (χ0n) is 10.6. The van der Waals surface area contributed by atoms with Gasteiger partial charge in [0.1, 0.15) is 5.82 Å². The number of hydrogen-bond acceptors (Lipinski definition) is 3. The normalized spacial score (nSPS) is 19.9. The summed E-state index contributed by atoms with van der Waals surface area (Å²) in [5, 5.41) is 10.5. The van der Waals surface area contributed by atoms with Gasteiger partial charge in [-0.05, 0) is 30.5 Å².